The Morgan fingerprint density at radius 1 is 1.38 bits per heavy atom. The van der Waals surface area contributed by atoms with E-state index in [9.17, 15) is 4.79 Å². The molecular formula is C15H25N3O2S. The normalized spacial score (nSPS) is 17.7. The summed E-state index contributed by atoms with van der Waals surface area (Å²) in [6.07, 6.45) is 3.66. The standard InChI is InChI=1S/C15H25N3O2S/c1-3-17(4-2)13-9-14(19)18(16-10-13)11-15(12-21)5-7-20-8-6-15/h9-10,21H,3-8,11-12H2,1-2H3. The highest BCUT2D eigenvalue weighted by molar-refractivity contribution is 7.80. The molecule has 2 rings (SSSR count). The van der Waals surface area contributed by atoms with E-state index in [1.165, 1.54) is 0 Å². The van der Waals surface area contributed by atoms with Crippen LogP contribution in [0, 0.1) is 5.41 Å². The molecule has 6 heteroatoms. The molecule has 0 saturated carbocycles. The average Bonchev–Trinajstić information content (AvgIpc) is 2.52. The maximum atomic E-state index is 12.3. The zero-order valence-electron chi connectivity index (χ0n) is 12.9. The SMILES string of the molecule is CCN(CC)c1cnn(CC2(CS)CCOCC2)c(=O)c1. The minimum Gasteiger partial charge on any atom is -0.381 e. The van der Waals surface area contributed by atoms with Crippen molar-refractivity contribution in [3.63, 3.8) is 0 Å². The highest BCUT2D eigenvalue weighted by Crippen LogP contribution is 2.33. The molecule has 21 heavy (non-hydrogen) atoms. The summed E-state index contributed by atoms with van der Waals surface area (Å²) in [6.45, 7) is 8.01. The van der Waals surface area contributed by atoms with Gasteiger partial charge in [0.15, 0.2) is 0 Å². The van der Waals surface area contributed by atoms with Gasteiger partial charge in [0.1, 0.15) is 0 Å². The number of ether oxygens (including phenoxy) is 1. The molecule has 1 saturated heterocycles. The number of hydrogen-bond donors (Lipinski definition) is 1. The van der Waals surface area contributed by atoms with E-state index in [0.717, 1.165) is 50.6 Å². The average molecular weight is 311 g/mol. The van der Waals surface area contributed by atoms with Crippen LogP contribution < -0.4 is 10.5 Å². The summed E-state index contributed by atoms with van der Waals surface area (Å²) in [5.74, 6) is 0.752. The van der Waals surface area contributed by atoms with Crippen LogP contribution in [0.4, 0.5) is 5.69 Å². The first kappa shape index (κ1) is 16.4. The van der Waals surface area contributed by atoms with Crippen LogP contribution in [0.15, 0.2) is 17.1 Å². The van der Waals surface area contributed by atoms with Crippen molar-refractivity contribution < 1.29 is 4.74 Å². The molecule has 1 aliphatic rings. The lowest BCUT2D eigenvalue weighted by atomic mass is 9.82. The molecule has 0 atom stereocenters. The lowest BCUT2D eigenvalue weighted by molar-refractivity contribution is 0.0158. The van der Waals surface area contributed by atoms with Crippen molar-refractivity contribution in [3.05, 3.63) is 22.6 Å². The molecule has 1 aliphatic heterocycles. The Labute approximate surface area is 131 Å². The maximum absolute atomic E-state index is 12.3. The second-order valence-corrected chi connectivity index (χ2v) is 5.97. The lowest BCUT2D eigenvalue weighted by Gasteiger charge is -2.35. The summed E-state index contributed by atoms with van der Waals surface area (Å²) >= 11 is 4.49. The van der Waals surface area contributed by atoms with Crippen molar-refractivity contribution in [2.24, 2.45) is 5.41 Å². The minimum atomic E-state index is -0.0351. The van der Waals surface area contributed by atoms with Crippen molar-refractivity contribution in [2.75, 3.05) is 37.0 Å². The van der Waals surface area contributed by atoms with Gasteiger partial charge in [-0.05, 0) is 32.4 Å². The summed E-state index contributed by atoms with van der Waals surface area (Å²) in [5.41, 5.74) is 0.884. The van der Waals surface area contributed by atoms with Gasteiger partial charge in [-0.3, -0.25) is 4.79 Å². The summed E-state index contributed by atoms with van der Waals surface area (Å²) in [5, 5.41) is 4.37. The van der Waals surface area contributed by atoms with Crippen LogP contribution in [0.2, 0.25) is 0 Å². The highest BCUT2D eigenvalue weighted by Gasteiger charge is 2.32. The fourth-order valence-electron chi connectivity index (χ4n) is 2.79. The minimum absolute atomic E-state index is 0.0227. The Balaban J connectivity index is 2.19. The molecular weight excluding hydrogens is 286 g/mol. The van der Waals surface area contributed by atoms with Gasteiger partial charge in [-0.25, -0.2) is 4.68 Å². The second-order valence-electron chi connectivity index (χ2n) is 5.65. The van der Waals surface area contributed by atoms with Gasteiger partial charge in [-0.15, -0.1) is 0 Å². The van der Waals surface area contributed by atoms with Gasteiger partial charge in [0.2, 0.25) is 0 Å². The molecule has 5 nitrogen and oxygen atoms in total. The quantitative estimate of drug-likeness (QED) is 0.814. The van der Waals surface area contributed by atoms with Gasteiger partial charge in [0.25, 0.3) is 5.56 Å². The first-order valence-corrected chi connectivity index (χ1v) is 8.28. The third-order valence-electron chi connectivity index (χ3n) is 4.36. The number of hydrogen-bond acceptors (Lipinski definition) is 5. The van der Waals surface area contributed by atoms with E-state index in [2.05, 4.69) is 36.5 Å². The van der Waals surface area contributed by atoms with Crippen molar-refractivity contribution in [1.29, 1.82) is 0 Å². The van der Waals surface area contributed by atoms with Crippen molar-refractivity contribution >= 4 is 18.3 Å². The zero-order chi connectivity index (χ0) is 15.3. The van der Waals surface area contributed by atoms with Gasteiger partial charge in [-0.2, -0.15) is 17.7 Å². The Morgan fingerprint density at radius 3 is 2.57 bits per heavy atom. The van der Waals surface area contributed by atoms with E-state index in [1.807, 2.05) is 0 Å². The summed E-state index contributed by atoms with van der Waals surface area (Å²) < 4.78 is 7.00. The largest absolute Gasteiger partial charge is 0.381 e. The Hall–Kier alpha value is -1.01. The first-order chi connectivity index (χ1) is 10.1. The van der Waals surface area contributed by atoms with Gasteiger partial charge < -0.3 is 9.64 Å². The van der Waals surface area contributed by atoms with E-state index in [4.69, 9.17) is 4.74 Å². The van der Waals surface area contributed by atoms with Gasteiger partial charge >= 0.3 is 0 Å². The van der Waals surface area contributed by atoms with E-state index < -0.39 is 0 Å². The molecule has 0 aliphatic carbocycles. The third-order valence-corrected chi connectivity index (χ3v) is 5.03. The second kappa shape index (κ2) is 7.31. The van der Waals surface area contributed by atoms with Crippen molar-refractivity contribution in [2.45, 2.75) is 33.2 Å². The van der Waals surface area contributed by atoms with E-state index >= 15 is 0 Å². The lowest BCUT2D eigenvalue weighted by Crippen LogP contribution is -2.39. The maximum Gasteiger partial charge on any atom is 0.268 e. The van der Waals surface area contributed by atoms with E-state index in [1.54, 1.807) is 16.9 Å². The summed E-state index contributed by atoms with van der Waals surface area (Å²) in [7, 11) is 0. The van der Waals surface area contributed by atoms with Crippen LogP contribution in [0.1, 0.15) is 26.7 Å². The van der Waals surface area contributed by atoms with Gasteiger partial charge in [-0.1, -0.05) is 0 Å². The molecule has 118 valence electrons. The summed E-state index contributed by atoms with van der Waals surface area (Å²) in [4.78, 5) is 14.5. The predicted octanol–water partition coefficient (Wildman–Crippen LogP) is 1.82. The topological polar surface area (TPSA) is 47.4 Å². The molecule has 1 aromatic rings. The monoisotopic (exact) mass is 311 g/mol. The predicted molar refractivity (Wildman–Crippen MR) is 88.4 cm³/mol. The van der Waals surface area contributed by atoms with Crippen LogP contribution in [0.5, 0.6) is 0 Å². The molecule has 0 N–H and O–H groups in total. The Bertz CT molecular complexity index is 508. The number of nitrogens with zero attached hydrogens (tertiary/aromatic N) is 3. The van der Waals surface area contributed by atoms with Crippen LogP contribution in [0.3, 0.4) is 0 Å². The molecule has 0 radical (unpaired) electrons. The van der Waals surface area contributed by atoms with E-state index in [-0.39, 0.29) is 11.0 Å². The van der Waals surface area contributed by atoms with Crippen LogP contribution in [-0.2, 0) is 11.3 Å². The van der Waals surface area contributed by atoms with Crippen LogP contribution >= 0.6 is 12.6 Å². The summed E-state index contributed by atoms with van der Waals surface area (Å²) in [6, 6.07) is 1.69. The molecule has 0 spiro atoms. The Morgan fingerprint density at radius 2 is 2.05 bits per heavy atom. The third kappa shape index (κ3) is 3.80. The number of thiol groups is 1. The van der Waals surface area contributed by atoms with Crippen molar-refractivity contribution in [1.82, 2.24) is 9.78 Å². The highest BCUT2D eigenvalue weighted by atomic mass is 32.1. The Kier molecular flexibility index (Phi) is 5.70. The number of rotatable bonds is 6. The van der Waals surface area contributed by atoms with E-state index in [0.29, 0.717) is 6.54 Å². The fourth-order valence-corrected chi connectivity index (χ4v) is 3.21. The fraction of sp³-hybridized carbons (Fsp3) is 0.733. The molecule has 0 aromatic carbocycles. The van der Waals surface area contributed by atoms with Gasteiger partial charge in [0.05, 0.1) is 18.4 Å². The molecule has 0 unspecified atom stereocenters. The van der Waals surface area contributed by atoms with Gasteiger partial charge in [0, 0.05) is 37.8 Å². The van der Waals surface area contributed by atoms with Crippen LogP contribution in [0.25, 0.3) is 0 Å². The molecule has 2 heterocycles. The number of aromatic nitrogens is 2. The number of anilines is 1. The van der Waals surface area contributed by atoms with Crippen molar-refractivity contribution in [3.8, 4) is 0 Å². The zero-order valence-corrected chi connectivity index (χ0v) is 13.8. The smallest absolute Gasteiger partial charge is 0.268 e. The molecule has 1 fully saturated rings. The molecule has 1 aromatic heterocycles. The molecule has 0 amide bonds. The van der Waals surface area contributed by atoms with Crippen LogP contribution in [-0.4, -0.2) is 41.8 Å². The first-order valence-electron chi connectivity index (χ1n) is 7.65. The molecule has 0 bridgehead atoms.